The minimum atomic E-state index is 0.0447. The summed E-state index contributed by atoms with van der Waals surface area (Å²) in [6, 6.07) is 0.334. The van der Waals surface area contributed by atoms with Crippen LogP contribution in [-0.2, 0) is 4.79 Å². The number of amides is 1. The molecule has 0 spiro atoms. The van der Waals surface area contributed by atoms with E-state index < -0.39 is 0 Å². The third kappa shape index (κ3) is 3.05. The van der Waals surface area contributed by atoms with E-state index in [0.717, 1.165) is 34.9 Å². The van der Waals surface area contributed by atoms with E-state index in [9.17, 15) is 4.79 Å². The Morgan fingerprint density at radius 2 is 1.96 bits per heavy atom. The molecule has 0 saturated heterocycles. The Morgan fingerprint density at radius 1 is 1.33 bits per heavy atom. The zero-order valence-corrected chi connectivity index (χ0v) is 15.6. The maximum absolute atomic E-state index is 12.5. The molecule has 1 unspecified atom stereocenters. The Bertz CT molecular complexity index is 613. The second kappa shape index (κ2) is 6.29. The first-order valence-electron chi connectivity index (χ1n) is 9.47. The van der Waals surface area contributed by atoms with Crippen LogP contribution in [0.3, 0.4) is 0 Å². The van der Waals surface area contributed by atoms with Crippen molar-refractivity contribution in [1.29, 1.82) is 0 Å². The number of carbonyl (C=O) groups excluding carboxylic acids is 1. The van der Waals surface area contributed by atoms with Gasteiger partial charge in [0.2, 0.25) is 5.91 Å². The molecular weight excluding hydrogens is 316 g/mol. The summed E-state index contributed by atoms with van der Waals surface area (Å²) in [6.45, 7) is 4.22. The van der Waals surface area contributed by atoms with Gasteiger partial charge in [0, 0.05) is 17.5 Å². The van der Waals surface area contributed by atoms with E-state index in [2.05, 4.69) is 17.2 Å². The molecule has 5 rings (SSSR count). The number of aromatic nitrogens is 1. The summed E-state index contributed by atoms with van der Waals surface area (Å²) in [5.41, 5.74) is 1.26. The molecular formula is C20H28N2OS. The summed E-state index contributed by atoms with van der Waals surface area (Å²) in [7, 11) is 0. The number of thiazole rings is 1. The Labute approximate surface area is 148 Å². The van der Waals surface area contributed by atoms with Gasteiger partial charge in [0.25, 0.3) is 0 Å². The van der Waals surface area contributed by atoms with Crippen LogP contribution >= 0.6 is 11.3 Å². The van der Waals surface area contributed by atoms with Crippen molar-refractivity contribution in [2.45, 2.75) is 64.8 Å². The van der Waals surface area contributed by atoms with Crippen molar-refractivity contribution in [1.82, 2.24) is 10.3 Å². The Balaban J connectivity index is 1.44. The molecule has 0 radical (unpaired) electrons. The Morgan fingerprint density at radius 3 is 2.46 bits per heavy atom. The summed E-state index contributed by atoms with van der Waals surface area (Å²) in [5.74, 6) is 2.82. The molecule has 1 heterocycles. The highest BCUT2D eigenvalue weighted by Crippen LogP contribution is 2.61. The molecule has 1 atom stereocenters. The fourth-order valence-electron chi connectivity index (χ4n) is 6.13. The van der Waals surface area contributed by atoms with E-state index in [1.54, 1.807) is 17.4 Å². The summed E-state index contributed by atoms with van der Waals surface area (Å²) < 4.78 is 0. The van der Waals surface area contributed by atoms with Crippen LogP contribution in [0.25, 0.3) is 6.08 Å². The number of rotatable bonds is 5. The van der Waals surface area contributed by atoms with Crippen molar-refractivity contribution in [3.8, 4) is 0 Å². The standard InChI is InChI=1S/C20H28N2OS/c1-3-18(22-19(23)5-4-17-12-24-13(2)21-17)20-9-14-6-15(10-20)8-16(7-14)11-20/h4-5,12,14-16,18H,3,6-11H2,1-2H3,(H,22,23)/b5-4+. The predicted octanol–water partition coefficient (Wildman–Crippen LogP) is 4.58. The van der Waals surface area contributed by atoms with Gasteiger partial charge >= 0.3 is 0 Å². The van der Waals surface area contributed by atoms with Crippen molar-refractivity contribution in [2.24, 2.45) is 23.2 Å². The Hall–Kier alpha value is -1.16. The molecule has 0 aliphatic heterocycles. The van der Waals surface area contributed by atoms with Crippen LogP contribution < -0.4 is 5.32 Å². The lowest BCUT2D eigenvalue weighted by Crippen LogP contribution is -2.56. The number of nitrogens with one attached hydrogen (secondary N) is 1. The summed E-state index contributed by atoms with van der Waals surface area (Å²) in [5, 5.41) is 6.38. The number of hydrogen-bond donors (Lipinski definition) is 1. The molecule has 3 nitrogen and oxygen atoms in total. The molecule has 4 aliphatic rings. The van der Waals surface area contributed by atoms with Crippen molar-refractivity contribution >= 4 is 23.3 Å². The number of carbonyl (C=O) groups is 1. The fraction of sp³-hybridized carbons (Fsp3) is 0.700. The predicted molar refractivity (Wildman–Crippen MR) is 98.7 cm³/mol. The van der Waals surface area contributed by atoms with Gasteiger partial charge in [0.05, 0.1) is 10.7 Å². The number of aryl methyl sites for hydroxylation is 1. The van der Waals surface area contributed by atoms with Crippen molar-refractivity contribution < 1.29 is 4.79 Å². The first kappa shape index (κ1) is 16.3. The molecule has 0 aromatic carbocycles. The Kier molecular flexibility index (Phi) is 4.27. The first-order valence-corrected chi connectivity index (χ1v) is 10.3. The molecule has 4 heteroatoms. The van der Waals surface area contributed by atoms with Gasteiger partial charge in [-0.15, -0.1) is 11.3 Å². The smallest absolute Gasteiger partial charge is 0.244 e. The molecule has 4 saturated carbocycles. The maximum atomic E-state index is 12.5. The molecule has 130 valence electrons. The molecule has 1 N–H and O–H groups in total. The molecule has 4 fully saturated rings. The van der Waals surface area contributed by atoms with Crippen LogP contribution in [0.1, 0.15) is 62.6 Å². The summed E-state index contributed by atoms with van der Waals surface area (Å²) >= 11 is 1.62. The molecule has 1 amide bonds. The highest BCUT2D eigenvalue weighted by Gasteiger charge is 2.53. The van der Waals surface area contributed by atoms with Crippen molar-refractivity contribution in [2.75, 3.05) is 0 Å². The van der Waals surface area contributed by atoms with Crippen LogP contribution in [0.4, 0.5) is 0 Å². The monoisotopic (exact) mass is 344 g/mol. The lowest BCUT2D eigenvalue weighted by atomic mass is 9.47. The van der Waals surface area contributed by atoms with Gasteiger partial charge in [0.15, 0.2) is 0 Å². The molecule has 4 aliphatic carbocycles. The second-order valence-electron chi connectivity index (χ2n) is 8.37. The molecule has 1 aromatic rings. The van der Waals surface area contributed by atoms with Gasteiger partial charge < -0.3 is 5.32 Å². The third-order valence-electron chi connectivity index (χ3n) is 6.59. The molecule has 24 heavy (non-hydrogen) atoms. The lowest BCUT2D eigenvalue weighted by Gasteiger charge is -2.59. The van der Waals surface area contributed by atoms with Crippen molar-refractivity contribution in [3.05, 3.63) is 22.2 Å². The van der Waals surface area contributed by atoms with Gasteiger partial charge in [-0.05, 0) is 81.1 Å². The van der Waals surface area contributed by atoms with Crippen LogP contribution in [-0.4, -0.2) is 16.9 Å². The van der Waals surface area contributed by atoms with Crippen LogP contribution in [0.5, 0.6) is 0 Å². The van der Waals surface area contributed by atoms with Gasteiger partial charge in [-0.1, -0.05) is 6.92 Å². The quantitative estimate of drug-likeness (QED) is 0.795. The van der Waals surface area contributed by atoms with E-state index in [1.807, 2.05) is 18.4 Å². The maximum Gasteiger partial charge on any atom is 0.244 e. The lowest BCUT2D eigenvalue weighted by molar-refractivity contribution is -0.122. The summed E-state index contributed by atoms with van der Waals surface area (Å²) in [6.07, 6.45) is 12.9. The van der Waals surface area contributed by atoms with E-state index in [4.69, 9.17) is 0 Å². The zero-order chi connectivity index (χ0) is 16.7. The van der Waals surface area contributed by atoms with Gasteiger partial charge in [-0.25, -0.2) is 4.98 Å². The minimum Gasteiger partial charge on any atom is -0.349 e. The topological polar surface area (TPSA) is 42.0 Å². The SMILES string of the molecule is CCC(NC(=O)/C=C/c1csc(C)n1)C12CC3CC(CC(C3)C1)C2. The number of nitrogens with zero attached hydrogens (tertiary/aromatic N) is 1. The van der Waals surface area contributed by atoms with E-state index in [0.29, 0.717) is 11.5 Å². The minimum absolute atomic E-state index is 0.0447. The van der Waals surface area contributed by atoms with Gasteiger partial charge in [-0.2, -0.15) is 0 Å². The van der Waals surface area contributed by atoms with E-state index >= 15 is 0 Å². The van der Waals surface area contributed by atoms with Crippen LogP contribution in [0.2, 0.25) is 0 Å². The molecule has 4 bridgehead atoms. The van der Waals surface area contributed by atoms with Crippen LogP contribution in [0, 0.1) is 30.1 Å². The fourth-order valence-corrected chi connectivity index (χ4v) is 6.71. The number of hydrogen-bond acceptors (Lipinski definition) is 3. The van der Waals surface area contributed by atoms with Crippen molar-refractivity contribution in [3.63, 3.8) is 0 Å². The average Bonchev–Trinajstić information content (AvgIpc) is 2.94. The largest absolute Gasteiger partial charge is 0.349 e. The molecule has 1 aromatic heterocycles. The van der Waals surface area contributed by atoms with E-state index in [-0.39, 0.29) is 5.91 Å². The third-order valence-corrected chi connectivity index (χ3v) is 7.38. The highest BCUT2D eigenvalue weighted by molar-refractivity contribution is 7.09. The normalized spacial score (nSPS) is 35.5. The van der Waals surface area contributed by atoms with Gasteiger partial charge in [0.1, 0.15) is 0 Å². The average molecular weight is 345 g/mol. The zero-order valence-electron chi connectivity index (χ0n) is 14.8. The second-order valence-corrected chi connectivity index (χ2v) is 9.44. The summed E-state index contributed by atoms with van der Waals surface area (Å²) in [4.78, 5) is 16.9. The van der Waals surface area contributed by atoms with Crippen LogP contribution in [0.15, 0.2) is 11.5 Å². The highest BCUT2D eigenvalue weighted by atomic mass is 32.1. The first-order chi connectivity index (χ1) is 11.6. The van der Waals surface area contributed by atoms with Gasteiger partial charge in [-0.3, -0.25) is 4.79 Å². The van der Waals surface area contributed by atoms with E-state index in [1.165, 1.54) is 38.5 Å².